The fraction of sp³-hybridized carbons (Fsp3) is 0.250. The van der Waals surface area contributed by atoms with Crippen molar-refractivity contribution in [1.29, 1.82) is 0 Å². The highest BCUT2D eigenvalue weighted by Crippen LogP contribution is 2.15. The van der Waals surface area contributed by atoms with Gasteiger partial charge in [-0.1, -0.05) is 25.1 Å². The van der Waals surface area contributed by atoms with Gasteiger partial charge in [-0.05, 0) is 29.7 Å². The van der Waals surface area contributed by atoms with Gasteiger partial charge < -0.3 is 11.5 Å². The first-order valence-electron chi connectivity index (χ1n) is 4.96. The van der Waals surface area contributed by atoms with E-state index in [1.165, 1.54) is 0 Å². The Morgan fingerprint density at radius 1 is 1.47 bits per heavy atom. The summed E-state index contributed by atoms with van der Waals surface area (Å²) in [4.78, 5) is 10.5. The number of carbonyl (C=O) groups excluding carboxylic acids is 1. The molecule has 0 fully saturated rings. The minimum absolute atomic E-state index is 0.270. The lowest BCUT2D eigenvalue weighted by molar-refractivity contribution is -0.117. The van der Waals surface area contributed by atoms with E-state index in [9.17, 15) is 4.79 Å². The average molecular weight is 204 g/mol. The summed E-state index contributed by atoms with van der Waals surface area (Å²) in [6.07, 6.45) is 4.81. The molecule has 0 aliphatic carbocycles. The van der Waals surface area contributed by atoms with E-state index in [1.807, 2.05) is 24.3 Å². The Kier molecular flexibility index (Phi) is 3.92. The summed E-state index contributed by atoms with van der Waals surface area (Å²) in [6, 6.07) is 5.82. The highest BCUT2D eigenvalue weighted by Gasteiger charge is 1.96. The molecular formula is C12H16N2O. The fourth-order valence-electron chi connectivity index (χ4n) is 1.35. The summed E-state index contributed by atoms with van der Waals surface area (Å²) in [5.41, 5.74) is 13.8. The first kappa shape index (κ1) is 11.3. The Balaban J connectivity index is 2.78. The highest BCUT2D eigenvalue weighted by atomic mass is 16.1. The molecule has 1 aromatic carbocycles. The molecule has 0 aliphatic heterocycles. The van der Waals surface area contributed by atoms with Crippen LogP contribution in [0.4, 0.5) is 5.69 Å². The number of amides is 1. The lowest BCUT2D eigenvalue weighted by atomic mass is 10.1. The van der Waals surface area contributed by atoms with E-state index in [-0.39, 0.29) is 12.3 Å². The predicted molar refractivity (Wildman–Crippen MR) is 63.1 cm³/mol. The summed E-state index contributed by atoms with van der Waals surface area (Å²) < 4.78 is 0. The molecule has 1 aromatic rings. The molecule has 1 rings (SSSR count). The smallest absolute Gasteiger partial charge is 0.221 e. The standard InChI is InChI=1S/C12H16N2O/c1-2-10-8-9(6-7-11(10)13)4-3-5-12(14)15/h3-4,6-8H,2,5,13H2,1H3,(H2,14,15). The maximum Gasteiger partial charge on any atom is 0.221 e. The number of carbonyl (C=O) groups is 1. The Bertz CT molecular complexity index is 383. The second-order valence-corrected chi connectivity index (χ2v) is 3.38. The van der Waals surface area contributed by atoms with Crippen LogP contribution in [-0.2, 0) is 11.2 Å². The van der Waals surface area contributed by atoms with Gasteiger partial charge in [-0.3, -0.25) is 4.79 Å². The number of benzene rings is 1. The summed E-state index contributed by atoms with van der Waals surface area (Å²) in [5.74, 6) is -0.322. The van der Waals surface area contributed by atoms with E-state index in [4.69, 9.17) is 11.5 Å². The number of aryl methyl sites for hydroxylation is 1. The van der Waals surface area contributed by atoms with Crippen molar-refractivity contribution in [1.82, 2.24) is 0 Å². The van der Waals surface area contributed by atoms with Crippen molar-refractivity contribution < 1.29 is 4.79 Å². The quantitative estimate of drug-likeness (QED) is 0.733. The summed E-state index contributed by atoms with van der Waals surface area (Å²) >= 11 is 0. The minimum atomic E-state index is -0.322. The SMILES string of the molecule is CCc1cc(C=CCC(N)=O)ccc1N. The molecule has 0 bridgehead atoms. The van der Waals surface area contributed by atoms with Crippen LogP contribution in [0, 0.1) is 0 Å². The summed E-state index contributed by atoms with van der Waals surface area (Å²) in [5, 5.41) is 0. The van der Waals surface area contributed by atoms with Crippen LogP contribution in [0.25, 0.3) is 6.08 Å². The normalized spacial score (nSPS) is 10.7. The van der Waals surface area contributed by atoms with E-state index in [2.05, 4.69) is 6.92 Å². The van der Waals surface area contributed by atoms with Crippen LogP contribution in [0.5, 0.6) is 0 Å². The lowest BCUT2D eigenvalue weighted by Gasteiger charge is -2.03. The van der Waals surface area contributed by atoms with Crippen LogP contribution in [0.15, 0.2) is 24.3 Å². The number of hydrogen-bond acceptors (Lipinski definition) is 2. The van der Waals surface area contributed by atoms with Gasteiger partial charge in [0, 0.05) is 12.1 Å². The molecule has 0 heterocycles. The molecule has 3 nitrogen and oxygen atoms in total. The van der Waals surface area contributed by atoms with Gasteiger partial charge in [0.15, 0.2) is 0 Å². The van der Waals surface area contributed by atoms with Crippen LogP contribution in [0.2, 0.25) is 0 Å². The molecule has 0 unspecified atom stereocenters. The Labute approximate surface area is 89.8 Å². The van der Waals surface area contributed by atoms with Gasteiger partial charge in [-0.15, -0.1) is 0 Å². The lowest BCUT2D eigenvalue weighted by Crippen LogP contribution is -2.07. The van der Waals surface area contributed by atoms with E-state index in [1.54, 1.807) is 6.08 Å². The molecule has 3 heteroatoms. The Morgan fingerprint density at radius 2 is 2.20 bits per heavy atom. The number of nitrogen functional groups attached to an aromatic ring is 1. The third-order valence-corrected chi connectivity index (χ3v) is 2.18. The zero-order valence-electron chi connectivity index (χ0n) is 8.86. The molecule has 0 spiro atoms. The maximum absolute atomic E-state index is 10.5. The van der Waals surface area contributed by atoms with Crippen molar-refractivity contribution in [3.63, 3.8) is 0 Å². The van der Waals surface area contributed by atoms with Crippen LogP contribution < -0.4 is 11.5 Å². The third-order valence-electron chi connectivity index (χ3n) is 2.18. The van der Waals surface area contributed by atoms with Crippen LogP contribution in [0.1, 0.15) is 24.5 Å². The van der Waals surface area contributed by atoms with Gasteiger partial charge in [-0.2, -0.15) is 0 Å². The molecule has 80 valence electrons. The van der Waals surface area contributed by atoms with E-state index >= 15 is 0 Å². The zero-order valence-corrected chi connectivity index (χ0v) is 8.86. The summed E-state index contributed by atoms with van der Waals surface area (Å²) in [6.45, 7) is 2.06. The van der Waals surface area contributed by atoms with Gasteiger partial charge in [0.2, 0.25) is 5.91 Å². The molecule has 15 heavy (non-hydrogen) atoms. The second-order valence-electron chi connectivity index (χ2n) is 3.38. The molecule has 0 aromatic heterocycles. The first-order chi connectivity index (χ1) is 7.13. The Morgan fingerprint density at radius 3 is 2.80 bits per heavy atom. The topological polar surface area (TPSA) is 69.1 Å². The van der Waals surface area contributed by atoms with Gasteiger partial charge in [0.1, 0.15) is 0 Å². The number of primary amides is 1. The Hall–Kier alpha value is -1.77. The largest absolute Gasteiger partial charge is 0.399 e. The first-order valence-corrected chi connectivity index (χ1v) is 4.96. The number of hydrogen-bond donors (Lipinski definition) is 2. The molecule has 4 N–H and O–H groups in total. The fourth-order valence-corrected chi connectivity index (χ4v) is 1.35. The summed E-state index contributed by atoms with van der Waals surface area (Å²) in [7, 11) is 0. The second kappa shape index (κ2) is 5.20. The van der Waals surface area contributed by atoms with Gasteiger partial charge >= 0.3 is 0 Å². The zero-order chi connectivity index (χ0) is 11.3. The van der Waals surface area contributed by atoms with Crippen molar-refractivity contribution in [2.45, 2.75) is 19.8 Å². The van der Waals surface area contributed by atoms with Gasteiger partial charge in [0.25, 0.3) is 0 Å². The molecule has 0 radical (unpaired) electrons. The number of anilines is 1. The van der Waals surface area contributed by atoms with Crippen LogP contribution in [-0.4, -0.2) is 5.91 Å². The van der Waals surface area contributed by atoms with Gasteiger partial charge in [0.05, 0.1) is 0 Å². The maximum atomic E-state index is 10.5. The molecule has 0 aliphatic rings. The molecule has 0 atom stereocenters. The van der Waals surface area contributed by atoms with E-state index in [0.29, 0.717) is 0 Å². The van der Waals surface area contributed by atoms with Crippen molar-refractivity contribution >= 4 is 17.7 Å². The number of rotatable bonds is 4. The molecule has 0 saturated carbocycles. The van der Waals surface area contributed by atoms with Crippen molar-refractivity contribution in [3.8, 4) is 0 Å². The van der Waals surface area contributed by atoms with Gasteiger partial charge in [-0.25, -0.2) is 0 Å². The van der Waals surface area contributed by atoms with Crippen molar-refractivity contribution in [2.75, 3.05) is 5.73 Å². The molecular weight excluding hydrogens is 188 g/mol. The van der Waals surface area contributed by atoms with Crippen LogP contribution in [0.3, 0.4) is 0 Å². The monoisotopic (exact) mass is 204 g/mol. The molecule has 0 saturated heterocycles. The predicted octanol–water partition coefficient (Wildman–Crippen LogP) is 1.72. The third kappa shape index (κ3) is 3.46. The highest BCUT2D eigenvalue weighted by molar-refractivity contribution is 5.76. The van der Waals surface area contributed by atoms with Crippen LogP contribution >= 0.6 is 0 Å². The van der Waals surface area contributed by atoms with Crippen molar-refractivity contribution in [3.05, 3.63) is 35.4 Å². The van der Waals surface area contributed by atoms with E-state index in [0.717, 1.165) is 23.2 Å². The van der Waals surface area contributed by atoms with E-state index < -0.39 is 0 Å². The van der Waals surface area contributed by atoms with Crippen molar-refractivity contribution in [2.24, 2.45) is 5.73 Å². The average Bonchev–Trinajstić information content (AvgIpc) is 2.20. The minimum Gasteiger partial charge on any atom is -0.399 e. The molecule has 1 amide bonds. The number of nitrogens with two attached hydrogens (primary N) is 2.